The van der Waals surface area contributed by atoms with Gasteiger partial charge in [-0.3, -0.25) is 4.79 Å². The van der Waals surface area contributed by atoms with Crippen molar-refractivity contribution in [1.82, 2.24) is 0 Å². The van der Waals surface area contributed by atoms with E-state index in [0.717, 1.165) is 16.3 Å². The second-order valence-corrected chi connectivity index (χ2v) is 8.68. The number of fused-ring (bicyclic) bond motifs is 1. The van der Waals surface area contributed by atoms with Gasteiger partial charge in [0.05, 0.1) is 16.7 Å². The standard InChI is InChI=1S/C29H22Cl2N2O3/c1-2-35-25-11-9-24(10-12-25)33-29(34)23(17-32)14-20-15-26(30)28(27(31)16-20)36-18-19-7-8-21-5-3-4-6-22(21)13-19/h3-16H,2,18H2,1H3,(H,33,34)/b23-14-. The van der Waals surface area contributed by atoms with Gasteiger partial charge in [-0.15, -0.1) is 0 Å². The summed E-state index contributed by atoms with van der Waals surface area (Å²) in [6, 6.07) is 26.2. The maximum Gasteiger partial charge on any atom is 0.266 e. The number of rotatable bonds is 8. The van der Waals surface area contributed by atoms with Gasteiger partial charge in [-0.1, -0.05) is 59.6 Å². The van der Waals surface area contributed by atoms with Crippen LogP contribution in [0.4, 0.5) is 5.69 Å². The molecule has 180 valence electrons. The molecule has 0 atom stereocenters. The SMILES string of the molecule is CCOc1ccc(NC(=O)/C(C#N)=C\c2cc(Cl)c(OCc3ccc4ccccc4c3)c(Cl)c2)cc1. The fourth-order valence-corrected chi connectivity index (χ4v) is 4.21. The topological polar surface area (TPSA) is 71.3 Å². The third-order valence-electron chi connectivity index (χ3n) is 5.32. The second-order valence-electron chi connectivity index (χ2n) is 7.87. The lowest BCUT2D eigenvalue weighted by Gasteiger charge is -2.12. The minimum atomic E-state index is -0.550. The first-order valence-corrected chi connectivity index (χ1v) is 12.0. The average Bonchev–Trinajstić information content (AvgIpc) is 2.88. The minimum Gasteiger partial charge on any atom is -0.494 e. The van der Waals surface area contributed by atoms with Crippen LogP contribution in [0.15, 0.2) is 84.4 Å². The zero-order chi connectivity index (χ0) is 25.5. The number of anilines is 1. The summed E-state index contributed by atoms with van der Waals surface area (Å²) in [5, 5.41) is 15.1. The summed E-state index contributed by atoms with van der Waals surface area (Å²) in [4.78, 5) is 12.6. The number of amides is 1. The van der Waals surface area contributed by atoms with E-state index in [1.54, 1.807) is 36.4 Å². The monoisotopic (exact) mass is 516 g/mol. The van der Waals surface area contributed by atoms with E-state index in [2.05, 4.69) is 11.4 Å². The molecule has 0 bridgehead atoms. The van der Waals surface area contributed by atoms with Gasteiger partial charge in [0.1, 0.15) is 24.0 Å². The lowest BCUT2D eigenvalue weighted by Crippen LogP contribution is -2.13. The smallest absolute Gasteiger partial charge is 0.266 e. The number of nitrogens with zero attached hydrogens (tertiary/aromatic N) is 1. The third-order valence-corrected chi connectivity index (χ3v) is 5.88. The first-order chi connectivity index (χ1) is 17.5. The molecule has 0 aliphatic carbocycles. The van der Waals surface area contributed by atoms with Crippen LogP contribution in [-0.4, -0.2) is 12.5 Å². The quantitative estimate of drug-likeness (QED) is 0.192. The Balaban J connectivity index is 1.47. The minimum absolute atomic E-state index is 0.0964. The van der Waals surface area contributed by atoms with Gasteiger partial charge >= 0.3 is 0 Å². The molecule has 0 fully saturated rings. The Morgan fingerprint density at radius 2 is 1.64 bits per heavy atom. The van der Waals surface area contributed by atoms with E-state index in [4.69, 9.17) is 32.7 Å². The average molecular weight is 517 g/mol. The zero-order valence-electron chi connectivity index (χ0n) is 19.4. The van der Waals surface area contributed by atoms with Gasteiger partial charge < -0.3 is 14.8 Å². The largest absolute Gasteiger partial charge is 0.494 e. The number of carbonyl (C=O) groups is 1. The molecule has 1 amide bonds. The molecular weight excluding hydrogens is 495 g/mol. The van der Waals surface area contributed by atoms with Crippen molar-refractivity contribution >= 4 is 51.6 Å². The van der Waals surface area contributed by atoms with Crippen molar-refractivity contribution < 1.29 is 14.3 Å². The van der Waals surface area contributed by atoms with Crippen molar-refractivity contribution in [3.8, 4) is 17.6 Å². The van der Waals surface area contributed by atoms with E-state index < -0.39 is 5.91 Å². The molecule has 4 aromatic rings. The molecule has 0 aliphatic heterocycles. The second kappa shape index (κ2) is 11.6. The lowest BCUT2D eigenvalue weighted by molar-refractivity contribution is -0.112. The van der Waals surface area contributed by atoms with Crippen LogP contribution in [0.1, 0.15) is 18.1 Å². The lowest BCUT2D eigenvalue weighted by atomic mass is 10.1. The van der Waals surface area contributed by atoms with Crippen LogP contribution < -0.4 is 14.8 Å². The molecule has 0 aliphatic rings. The van der Waals surface area contributed by atoms with Crippen molar-refractivity contribution in [3.63, 3.8) is 0 Å². The van der Waals surface area contributed by atoms with E-state index in [0.29, 0.717) is 29.4 Å². The molecule has 5 nitrogen and oxygen atoms in total. The van der Waals surface area contributed by atoms with Gasteiger partial charge in [0.2, 0.25) is 0 Å². The predicted octanol–water partition coefficient (Wildman–Crippen LogP) is 7.67. The van der Waals surface area contributed by atoms with Crippen molar-refractivity contribution in [1.29, 1.82) is 5.26 Å². The van der Waals surface area contributed by atoms with E-state index >= 15 is 0 Å². The van der Waals surface area contributed by atoms with Crippen LogP contribution in [0.25, 0.3) is 16.8 Å². The maximum absolute atomic E-state index is 12.6. The van der Waals surface area contributed by atoms with E-state index in [1.807, 2.05) is 49.4 Å². The van der Waals surface area contributed by atoms with Gasteiger partial charge in [-0.25, -0.2) is 0 Å². The van der Waals surface area contributed by atoms with Gasteiger partial charge in [0.25, 0.3) is 5.91 Å². The summed E-state index contributed by atoms with van der Waals surface area (Å²) >= 11 is 12.9. The van der Waals surface area contributed by atoms with Gasteiger partial charge in [-0.05, 0) is 77.4 Å². The van der Waals surface area contributed by atoms with Crippen LogP contribution in [0.2, 0.25) is 10.0 Å². The number of ether oxygens (including phenoxy) is 2. The molecule has 7 heteroatoms. The number of halogens is 2. The Bertz CT molecular complexity index is 1450. The van der Waals surface area contributed by atoms with Crippen molar-refractivity contribution in [3.05, 3.63) is 106 Å². The normalized spacial score (nSPS) is 11.1. The van der Waals surface area contributed by atoms with E-state index in [1.165, 1.54) is 6.08 Å². The zero-order valence-corrected chi connectivity index (χ0v) is 20.9. The van der Waals surface area contributed by atoms with E-state index in [-0.39, 0.29) is 22.2 Å². The molecule has 1 N–H and O–H groups in total. The van der Waals surface area contributed by atoms with Crippen LogP contribution in [0.3, 0.4) is 0 Å². The molecule has 0 saturated carbocycles. The highest BCUT2D eigenvalue weighted by Crippen LogP contribution is 2.35. The first kappa shape index (κ1) is 25.1. The van der Waals surface area contributed by atoms with Crippen LogP contribution in [-0.2, 0) is 11.4 Å². The highest BCUT2D eigenvalue weighted by molar-refractivity contribution is 6.37. The number of nitrogens with one attached hydrogen (secondary N) is 1. The Labute approximate surface area is 219 Å². The maximum atomic E-state index is 12.6. The summed E-state index contributed by atoms with van der Waals surface area (Å²) < 4.78 is 11.3. The van der Waals surface area contributed by atoms with Gasteiger partial charge in [-0.2, -0.15) is 5.26 Å². The van der Waals surface area contributed by atoms with E-state index in [9.17, 15) is 10.1 Å². The summed E-state index contributed by atoms with van der Waals surface area (Å²) in [5.41, 5.74) is 1.92. The molecule has 0 unspecified atom stereocenters. The molecule has 0 aromatic heterocycles. The van der Waals surface area contributed by atoms with Crippen LogP contribution in [0, 0.1) is 11.3 Å². The molecular formula is C29H22Cl2N2O3. The summed E-state index contributed by atoms with van der Waals surface area (Å²) in [6.45, 7) is 2.72. The van der Waals surface area contributed by atoms with Crippen molar-refractivity contribution in [2.75, 3.05) is 11.9 Å². The predicted molar refractivity (Wildman–Crippen MR) is 145 cm³/mol. The Kier molecular flexibility index (Phi) is 8.12. The van der Waals surface area contributed by atoms with Crippen molar-refractivity contribution in [2.45, 2.75) is 13.5 Å². The molecule has 36 heavy (non-hydrogen) atoms. The molecule has 0 radical (unpaired) electrons. The number of benzene rings is 4. The number of nitriles is 1. The number of hydrogen-bond acceptors (Lipinski definition) is 4. The highest BCUT2D eigenvalue weighted by Gasteiger charge is 2.13. The van der Waals surface area contributed by atoms with Gasteiger partial charge in [0.15, 0.2) is 5.75 Å². The molecule has 4 rings (SSSR count). The number of carbonyl (C=O) groups excluding carboxylic acids is 1. The van der Waals surface area contributed by atoms with Gasteiger partial charge in [0, 0.05) is 5.69 Å². The fourth-order valence-electron chi connectivity index (χ4n) is 3.60. The Morgan fingerprint density at radius 3 is 2.31 bits per heavy atom. The first-order valence-electron chi connectivity index (χ1n) is 11.2. The molecule has 0 saturated heterocycles. The Hall–Kier alpha value is -3.98. The van der Waals surface area contributed by atoms with Crippen LogP contribution in [0.5, 0.6) is 11.5 Å². The Morgan fingerprint density at radius 1 is 0.944 bits per heavy atom. The van der Waals surface area contributed by atoms with Crippen molar-refractivity contribution in [2.24, 2.45) is 0 Å². The summed E-state index contributed by atoms with van der Waals surface area (Å²) in [5.74, 6) is 0.477. The summed E-state index contributed by atoms with van der Waals surface area (Å²) in [7, 11) is 0. The molecule has 0 spiro atoms. The third kappa shape index (κ3) is 6.17. The fraction of sp³-hybridized carbons (Fsp3) is 0.103. The summed E-state index contributed by atoms with van der Waals surface area (Å²) in [6.07, 6.45) is 1.43. The molecule has 0 heterocycles. The highest BCUT2D eigenvalue weighted by atomic mass is 35.5. The number of hydrogen-bond donors (Lipinski definition) is 1. The van der Waals surface area contributed by atoms with Crippen LogP contribution >= 0.6 is 23.2 Å². The molecule has 4 aromatic carbocycles.